The molecule has 0 saturated carbocycles. The summed E-state index contributed by atoms with van der Waals surface area (Å²) in [6.45, 7) is 3.09. The van der Waals surface area contributed by atoms with Crippen LogP contribution in [0.4, 0.5) is 0 Å². The van der Waals surface area contributed by atoms with Gasteiger partial charge in [0.2, 0.25) is 0 Å². The molecule has 3 rings (SSSR count). The molecule has 0 saturated heterocycles. The smallest absolute Gasteiger partial charge is 0.0553 e. The van der Waals surface area contributed by atoms with Crippen molar-refractivity contribution < 1.29 is 0 Å². The van der Waals surface area contributed by atoms with Crippen LogP contribution in [0.1, 0.15) is 24.2 Å². The van der Waals surface area contributed by atoms with Crippen LogP contribution in [-0.4, -0.2) is 16.3 Å². The van der Waals surface area contributed by atoms with Gasteiger partial charge in [-0.15, -0.1) is 0 Å². The largest absolute Gasteiger partial charge is 0.309 e. The SMILES string of the molecule is CCNC(Cc1cccc2ccccc12)c1ccnn1C. The first-order chi connectivity index (χ1) is 10.3. The van der Waals surface area contributed by atoms with Crippen LogP contribution >= 0.6 is 0 Å². The molecule has 0 aliphatic heterocycles. The molecule has 0 aliphatic carbocycles. The molecule has 0 bridgehead atoms. The van der Waals surface area contributed by atoms with E-state index in [1.807, 2.05) is 17.9 Å². The van der Waals surface area contributed by atoms with Gasteiger partial charge in [0, 0.05) is 13.2 Å². The summed E-state index contributed by atoms with van der Waals surface area (Å²) in [7, 11) is 2.00. The number of likely N-dealkylation sites (N-methyl/N-ethyl adjacent to an activating group) is 1. The molecule has 1 unspecified atom stereocenters. The lowest BCUT2D eigenvalue weighted by atomic mass is 9.97. The van der Waals surface area contributed by atoms with E-state index in [-0.39, 0.29) is 6.04 Å². The van der Waals surface area contributed by atoms with Crippen LogP contribution in [0.15, 0.2) is 54.7 Å². The van der Waals surface area contributed by atoms with Crippen LogP contribution in [0, 0.1) is 0 Å². The minimum atomic E-state index is 0.285. The van der Waals surface area contributed by atoms with E-state index in [1.54, 1.807) is 0 Å². The van der Waals surface area contributed by atoms with Crippen molar-refractivity contribution in [2.45, 2.75) is 19.4 Å². The zero-order valence-corrected chi connectivity index (χ0v) is 12.6. The Kier molecular flexibility index (Phi) is 4.02. The predicted octanol–water partition coefficient (Wildman–Crippen LogP) is 3.47. The second kappa shape index (κ2) is 6.10. The summed E-state index contributed by atoms with van der Waals surface area (Å²) in [6, 6.07) is 17.5. The highest BCUT2D eigenvalue weighted by molar-refractivity contribution is 5.85. The molecule has 0 radical (unpaired) electrons. The standard InChI is InChI=1S/C18H21N3/c1-3-19-17(18-11-12-20-21(18)2)13-15-9-6-8-14-7-4-5-10-16(14)15/h4-12,17,19H,3,13H2,1-2H3. The van der Waals surface area contributed by atoms with E-state index in [2.05, 4.69) is 65.9 Å². The van der Waals surface area contributed by atoms with Crippen LogP contribution in [0.25, 0.3) is 10.8 Å². The molecular weight excluding hydrogens is 258 g/mol. The van der Waals surface area contributed by atoms with Gasteiger partial charge < -0.3 is 5.32 Å². The van der Waals surface area contributed by atoms with Crippen LogP contribution in [0.3, 0.4) is 0 Å². The number of aryl methyl sites for hydroxylation is 1. The quantitative estimate of drug-likeness (QED) is 0.775. The van der Waals surface area contributed by atoms with Crippen molar-refractivity contribution in [1.82, 2.24) is 15.1 Å². The van der Waals surface area contributed by atoms with Gasteiger partial charge in [-0.1, -0.05) is 49.4 Å². The fourth-order valence-electron chi connectivity index (χ4n) is 2.94. The minimum Gasteiger partial charge on any atom is -0.309 e. The van der Waals surface area contributed by atoms with Crippen molar-refractivity contribution in [3.63, 3.8) is 0 Å². The summed E-state index contributed by atoms with van der Waals surface area (Å²) >= 11 is 0. The molecule has 3 aromatic rings. The number of fused-ring (bicyclic) bond motifs is 1. The molecule has 3 heteroatoms. The Morgan fingerprint density at radius 2 is 1.90 bits per heavy atom. The highest BCUT2D eigenvalue weighted by Gasteiger charge is 2.15. The number of nitrogens with one attached hydrogen (secondary N) is 1. The third-order valence-corrected chi connectivity index (χ3v) is 3.97. The molecule has 21 heavy (non-hydrogen) atoms. The highest BCUT2D eigenvalue weighted by atomic mass is 15.3. The molecule has 1 aromatic heterocycles. The maximum Gasteiger partial charge on any atom is 0.0553 e. The van der Waals surface area contributed by atoms with Gasteiger partial charge in [-0.2, -0.15) is 5.10 Å². The number of aromatic nitrogens is 2. The molecule has 3 nitrogen and oxygen atoms in total. The second-order valence-electron chi connectivity index (χ2n) is 5.33. The van der Waals surface area contributed by atoms with E-state index in [0.717, 1.165) is 13.0 Å². The lowest BCUT2D eigenvalue weighted by Gasteiger charge is -2.19. The molecule has 0 aliphatic rings. The van der Waals surface area contributed by atoms with E-state index >= 15 is 0 Å². The summed E-state index contributed by atoms with van der Waals surface area (Å²) in [5.41, 5.74) is 2.60. The zero-order chi connectivity index (χ0) is 14.7. The molecule has 1 heterocycles. The summed E-state index contributed by atoms with van der Waals surface area (Å²) in [5, 5.41) is 10.5. The van der Waals surface area contributed by atoms with E-state index < -0.39 is 0 Å². The van der Waals surface area contributed by atoms with Crippen molar-refractivity contribution in [1.29, 1.82) is 0 Å². The van der Waals surface area contributed by atoms with Crippen molar-refractivity contribution in [2.24, 2.45) is 7.05 Å². The van der Waals surface area contributed by atoms with Gasteiger partial charge >= 0.3 is 0 Å². The Hall–Kier alpha value is -2.13. The molecule has 108 valence electrons. The molecule has 1 N–H and O–H groups in total. The van der Waals surface area contributed by atoms with Gasteiger partial charge in [0.15, 0.2) is 0 Å². The van der Waals surface area contributed by atoms with Crippen molar-refractivity contribution in [3.8, 4) is 0 Å². The van der Waals surface area contributed by atoms with E-state index in [0.29, 0.717) is 0 Å². The molecular formula is C18H21N3. The van der Waals surface area contributed by atoms with Crippen molar-refractivity contribution in [3.05, 3.63) is 66.0 Å². The van der Waals surface area contributed by atoms with Crippen LogP contribution < -0.4 is 5.32 Å². The van der Waals surface area contributed by atoms with Crippen molar-refractivity contribution in [2.75, 3.05) is 6.54 Å². The lowest BCUT2D eigenvalue weighted by Crippen LogP contribution is -2.25. The topological polar surface area (TPSA) is 29.9 Å². The number of rotatable bonds is 5. The average Bonchev–Trinajstić information content (AvgIpc) is 2.93. The Labute approximate surface area is 125 Å². The Balaban J connectivity index is 1.97. The average molecular weight is 279 g/mol. The highest BCUT2D eigenvalue weighted by Crippen LogP contribution is 2.24. The van der Waals surface area contributed by atoms with Gasteiger partial charge in [-0.25, -0.2) is 0 Å². The van der Waals surface area contributed by atoms with Gasteiger partial charge in [-0.05, 0) is 35.4 Å². The predicted molar refractivity (Wildman–Crippen MR) is 87.3 cm³/mol. The third kappa shape index (κ3) is 2.83. The second-order valence-corrected chi connectivity index (χ2v) is 5.33. The summed E-state index contributed by atoms with van der Waals surface area (Å²) in [6.07, 6.45) is 2.83. The van der Waals surface area contributed by atoms with E-state index in [9.17, 15) is 0 Å². The minimum absolute atomic E-state index is 0.285. The first kappa shape index (κ1) is 13.8. The summed E-state index contributed by atoms with van der Waals surface area (Å²) in [4.78, 5) is 0. The maximum atomic E-state index is 4.30. The number of hydrogen-bond acceptors (Lipinski definition) is 2. The van der Waals surface area contributed by atoms with Gasteiger partial charge in [0.1, 0.15) is 0 Å². The normalized spacial score (nSPS) is 12.7. The first-order valence-corrected chi connectivity index (χ1v) is 7.47. The fraction of sp³-hybridized carbons (Fsp3) is 0.278. The van der Waals surface area contributed by atoms with E-state index in [1.165, 1.54) is 22.0 Å². The third-order valence-electron chi connectivity index (χ3n) is 3.97. The Morgan fingerprint density at radius 3 is 2.67 bits per heavy atom. The molecule has 2 aromatic carbocycles. The van der Waals surface area contributed by atoms with Gasteiger partial charge in [-0.3, -0.25) is 4.68 Å². The number of hydrogen-bond donors (Lipinski definition) is 1. The van der Waals surface area contributed by atoms with E-state index in [4.69, 9.17) is 0 Å². The van der Waals surface area contributed by atoms with Crippen LogP contribution in [0.5, 0.6) is 0 Å². The monoisotopic (exact) mass is 279 g/mol. The number of nitrogens with zero attached hydrogens (tertiary/aromatic N) is 2. The van der Waals surface area contributed by atoms with Crippen LogP contribution in [0.2, 0.25) is 0 Å². The van der Waals surface area contributed by atoms with Crippen LogP contribution in [-0.2, 0) is 13.5 Å². The maximum absolute atomic E-state index is 4.30. The Bertz CT molecular complexity index is 725. The van der Waals surface area contributed by atoms with Gasteiger partial charge in [0.25, 0.3) is 0 Å². The Morgan fingerprint density at radius 1 is 1.10 bits per heavy atom. The zero-order valence-electron chi connectivity index (χ0n) is 12.6. The molecule has 0 amide bonds. The van der Waals surface area contributed by atoms with Crippen molar-refractivity contribution >= 4 is 10.8 Å². The number of benzene rings is 2. The fourth-order valence-corrected chi connectivity index (χ4v) is 2.94. The summed E-state index contributed by atoms with van der Waals surface area (Å²) in [5.74, 6) is 0. The lowest BCUT2D eigenvalue weighted by molar-refractivity contribution is 0.509. The van der Waals surface area contributed by atoms with Gasteiger partial charge in [0.05, 0.1) is 11.7 Å². The first-order valence-electron chi connectivity index (χ1n) is 7.47. The molecule has 0 spiro atoms. The summed E-state index contributed by atoms with van der Waals surface area (Å²) < 4.78 is 1.96. The molecule has 0 fully saturated rings. The molecule has 1 atom stereocenters.